The van der Waals surface area contributed by atoms with E-state index in [-0.39, 0.29) is 0 Å². The maximum atomic E-state index is 10.3. The molecule has 0 saturated carbocycles. The van der Waals surface area contributed by atoms with Gasteiger partial charge in [0.25, 0.3) is 0 Å². The molecule has 0 aromatic carbocycles. The zero-order chi connectivity index (χ0) is 9.10. The Morgan fingerprint density at radius 1 is 1.62 bits per heavy atom. The van der Waals surface area contributed by atoms with Crippen LogP contribution in [0.5, 0.6) is 0 Å². The first-order chi connectivity index (χ1) is 6.38. The predicted molar refractivity (Wildman–Crippen MR) is 41.0 cm³/mol. The molecule has 66 valence electrons. The van der Waals surface area contributed by atoms with E-state index in [2.05, 4.69) is 15.5 Å². The van der Waals surface area contributed by atoms with Crippen molar-refractivity contribution >= 4 is 6.29 Å². The summed E-state index contributed by atoms with van der Waals surface area (Å²) in [5.41, 5.74) is 0.305. The van der Waals surface area contributed by atoms with Crippen LogP contribution in [-0.2, 0) is 6.54 Å². The monoisotopic (exact) mass is 178 g/mol. The van der Waals surface area contributed by atoms with Crippen LogP contribution in [-0.4, -0.2) is 26.4 Å². The smallest absolute Gasteiger partial charge is 0.171 e. The molecule has 0 bridgehead atoms. The molecule has 2 heterocycles. The molecule has 0 saturated heterocycles. The number of nitrogens with zero attached hydrogens (tertiary/aromatic N) is 4. The molecule has 0 amide bonds. The Hall–Kier alpha value is -1.98. The van der Waals surface area contributed by atoms with Gasteiger partial charge < -0.3 is 4.52 Å². The van der Waals surface area contributed by atoms with Gasteiger partial charge in [-0.15, -0.1) is 5.10 Å². The van der Waals surface area contributed by atoms with Crippen LogP contribution in [0.3, 0.4) is 0 Å². The molecule has 0 unspecified atom stereocenters. The molecule has 6 heteroatoms. The summed E-state index contributed by atoms with van der Waals surface area (Å²) in [4.78, 5) is 10.3. The van der Waals surface area contributed by atoms with E-state index in [0.29, 0.717) is 24.3 Å². The van der Waals surface area contributed by atoms with Crippen LogP contribution in [0, 0.1) is 0 Å². The Labute approximate surface area is 73.1 Å². The van der Waals surface area contributed by atoms with Gasteiger partial charge in [-0.3, -0.25) is 4.79 Å². The van der Waals surface area contributed by atoms with E-state index in [4.69, 9.17) is 4.52 Å². The molecule has 0 aliphatic rings. The molecule has 0 fully saturated rings. The lowest BCUT2D eigenvalue weighted by atomic mass is 10.4. The Balaban J connectivity index is 2.14. The highest BCUT2D eigenvalue weighted by molar-refractivity contribution is 5.70. The van der Waals surface area contributed by atoms with Crippen LogP contribution in [0.4, 0.5) is 0 Å². The van der Waals surface area contributed by atoms with Gasteiger partial charge in [-0.25, -0.2) is 4.68 Å². The van der Waals surface area contributed by atoms with Gasteiger partial charge in [-0.05, 0) is 0 Å². The number of rotatable bonds is 3. The summed E-state index contributed by atoms with van der Waals surface area (Å²) < 4.78 is 6.36. The third-order valence-corrected chi connectivity index (χ3v) is 1.49. The summed E-state index contributed by atoms with van der Waals surface area (Å²) in [6.45, 7) is 0.431. The molecular weight excluding hydrogens is 172 g/mol. The minimum atomic E-state index is 0.305. The molecule has 0 N–H and O–H groups in total. The van der Waals surface area contributed by atoms with Gasteiger partial charge in [-0.2, -0.15) is 0 Å². The lowest BCUT2D eigenvalue weighted by Crippen LogP contribution is -1.98. The fraction of sp³-hybridized carbons (Fsp3) is 0.143. The predicted octanol–water partition coefficient (Wildman–Crippen LogP) is 0.127. The third kappa shape index (κ3) is 1.61. The lowest BCUT2D eigenvalue weighted by Gasteiger charge is -1.92. The number of hydrogen-bond acceptors (Lipinski definition) is 5. The molecule has 0 atom stereocenters. The van der Waals surface area contributed by atoms with Crippen molar-refractivity contribution in [1.82, 2.24) is 20.2 Å². The number of aromatic nitrogens is 4. The average Bonchev–Trinajstić information content (AvgIpc) is 2.76. The number of carbonyl (C=O) groups is 1. The normalized spacial score (nSPS) is 10.2. The zero-order valence-electron chi connectivity index (χ0n) is 6.62. The van der Waals surface area contributed by atoms with Crippen LogP contribution in [0.1, 0.15) is 16.2 Å². The highest BCUT2D eigenvalue weighted by atomic mass is 16.5. The SMILES string of the molecule is O=Cc1cn(Cc2ccno2)nn1. The Morgan fingerprint density at radius 2 is 2.54 bits per heavy atom. The number of carbonyl (C=O) groups excluding carboxylic acids is 1. The first-order valence-electron chi connectivity index (χ1n) is 3.63. The second-order valence-electron chi connectivity index (χ2n) is 2.44. The first kappa shape index (κ1) is 7.66. The maximum Gasteiger partial charge on any atom is 0.171 e. The Kier molecular flexibility index (Phi) is 1.87. The summed E-state index contributed by atoms with van der Waals surface area (Å²) in [5.74, 6) is 0.669. The first-order valence-corrected chi connectivity index (χ1v) is 3.63. The molecule has 2 aromatic rings. The summed E-state index contributed by atoms with van der Waals surface area (Å²) in [7, 11) is 0. The van der Waals surface area contributed by atoms with Crippen molar-refractivity contribution in [1.29, 1.82) is 0 Å². The van der Waals surface area contributed by atoms with Crippen LogP contribution >= 0.6 is 0 Å². The van der Waals surface area contributed by atoms with Crippen LogP contribution in [0.2, 0.25) is 0 Å². The molecular formula is C7H6N4O2. The largest absolute Gasteiger partial charge is 0.359 e. The van der Waals surface area contributed by atoms with Gasteiger partial charge in [-0.1, -0.05) is 10.4 Å². The van der Waals surface area contributed by atoms with Crippen molar-refractivity contribution < 1.29 is 9.32 Å². The Bertz CT molecular complexity index is 392. The number of aldehydes is 1. The van der Waals surface area contributed by atoms with E-state index in [0.717, 1.165) is 0 Å². The summed E-state index contributed by atoms with van der Waals surface area (Å²) in [6.07, 6.45) is 3.73. The van der Waals surface area contributed by atoms with E-state index >= 15 is 0 Å². The molecule has 6 nitrogen and oxygen atoms in total. The lowest BCUT2D eigenvalue weighted by molar-refractivity contribution is 0.111. The van der Waals surface area contributed by atoms with E-state index in [9.17, 15) is 4.79 Å². The maximum absolute atomic E-state index is 10.3. The fourth-order valence-corrected chi connectivity index (χ4v) is 0.928. The molecule has 0 spiro atoms. The van der Waals surface area contributed by atoms with Gasteiger partial charge in [0.05, 0.1) is 12.4 Å². The standard InChI is InChI=1S/C7H6N4O2/c12-5-6-3-11(10-9-6)4-7-1-2-8-13-7/h1-3,5H,4H2. The van der Waals surface area contributed by atoms with Crippen molar-refractivity contribution in [2.75, 3.05) is 0 Å². The molecule has 2 rings (SSSR count). The second-order valence-corrected chi connectivity index (χ2v) is 2.44. The van der Waals surface area contributed by atoms with Crippen molar-refractivity contribution in [3.63, 3.8) is 0 Å². The third-order valence-electron chi connectivity index (χ3n) is 1.49. The topological polar surface area (TPSA) is 73.8 Å². The van der Waals surface area contributed by atoms with E-state index in [1.54, 1.807) is 12.3 Å². The minimum Gasteiger partial charge on any atom is -0.359 e. The van der Waals surface area contributed by atoms with E-state index < -0.39 is 0 Å². The summed E-state index contributed by atoms with van der Waals surface area (Å²) in [6, 6.07) is 1.72. The van der Waals surface area contributed by atoms with Crippen molar-refractivity contribution in [2.24, 2.45) is 0 Å². The van der Waals surface area contributed by atoms with E-state index in [1.165, 1.54) is 10.9 Å². The fourth-order valence-electron chi connectivity index (χ4n) is 0.928. The van der Waals surface area contributed by atoms with Crippen molar-refractivity contribution in [3.8, 4) is 0 Å². The van der Waals surface area contributed by atoms with E-state index in [1.807, 2.05) is 0 Å². The van der Waals surface area contributed by atoms with Crippen LogP contribution in [0.15, 0.2) is 23.0 Å². The van der Waals surface area contributed by atoms with Gasteiger partial charge in [0.15, 0.2) is 12.0 Å². The second kappa shape index (κ2) is 3.18. The molecule has 0 aliphatic carbocycles. The van der Waals surface area contributed by atoms with Crippen LogP contribution < -0.4 is 0 Å². The van der Waals surface area contributed by atoms with Gasteiger partial charge in [0.1, 0.15) is 12.2 Å². The highest BCUT2D eigenvalue weighted by Crippen LogP contribution is 1.99. The summed E-state index contributed by atoms with van der Waals surface area (Å²) in [5, 5.41) is 10.8. The van der Waals surface area contributed by atoms with Crippen molar-refractivity contribution in [3.05, 3.63) is 29.9 Å². The summed E-state index contributed by atoms with van der Waals surface area (Å²) >= 11 is 0. The van der Waals surface area contributed by atoms with Crippen LogP contribution in [0.25, 0.3) is 0 Å². The quantitative estimate of drug-likeness (QED) is 0.624. The van der Waals surface area contributed by atoms with Gasteiger partial charge in [0.2, 0.25) is 0 Å². The molecule has 2 aromatic heterocycles. The molecule has 13 heavy (non-hydrogen) atoms. The molecule has 0 radical (unpaired) electrons. The average molecular weight is 178 g/mol. The van der Waals surface area contributed by atoms with Crippen molar-refractivity contribution in [2.45, 2.75) is 6.54 Å². The highest BCUT2D eigenvalue weighted by Gasteiger charge is 2.01. The Morgan fingerprint density at radius 3 is 3.15 bits per heavy atom. The minimum absolute atomic E-state index is 0.305. The van der Waals surface area contributed by atoms with Gasteiger partial charge in [0, 0.05) is 6.07 Å². The molecule has 0 aliphatic heterocycles. The zero-order valence-corrected chi connectivity index (χ0v) is 6.62. The number of hydrogen-bond donors (Lipinski definition) is 0. The van der Waals surface area contributed by atoms with Gasteiger partial charge >= 0.3 is 0 Å².